The van der Waals surface area contributed by atoms with E-state index >= 15 is 0 Å². The Hall–Kier alpha value is -4.53. The zero-order valence-electron chi connectivity index (χ0n) is 16.3. The van der Waals surface area contributed by atoms with Crippen LogP contribution in [-0.2, 0) is 0 Å². The number of benzene rings is 3. The summed E-state index contributed by atoms with van der Waals surface area (Å²) >= 11 is 0. The van der Waals surface area contributed by atoms with E-state index in [0.29, 0.717) is 11.3 Å². The second kappa shape index (κ2) is 9.79. The van der Waals surface area contributed by atoms with Gasteiger partial charge in [-0.1, -0.05) is 24.3 Å². The minimum atomic E-state index is -0.685. The minimum Gasteiger partial charge on any atom is -0.497 e. The van der Waals surface area contributed by atoms with Crippen LogP contribution < -0.4 is 14.9 Å². The molecule has 9 nitrogen and oxygen atoms in total. The van der Waals surface area contributed by atoms with E-state index in [4.69, 9.17) is 9.47 Å². The predicted molar refractivity (Wildman–Crippen MR) is 113 cm³/mol. The maximum Gasteiger partial charge on any atom is 0.343 e. The van der Waals surface area contributed by atoms with E-state index in [0.717, 1.165) is 0 Å². The van der Waals surface area contributed by atoms with Crippen molar-refractivity contribution >= 4 is 23.8 Å². The van der Waals surface area contributed by atoms with Gasteiger partial charge in [0, 0.05) is 23.3 Å². The maximum atomic E-state index is 12.5. The van der Waals surface area contributed by atoms with E-state index in [2.05, 4.69) is 10.5 Å². The summed E-state index contributed by atoms with van der Waals surface area (Å²) in [6, 6.07) is 18.4. The summed E-state index contributed by atoms with van der Waals surface area (Å²) in [7, 11) is 1.47. The van der Waals surface area contributed by atoms with Crippen LogP contribution in [-0.4, -0.2) is 30.1 Å². The number of carbonyl (C=O) groups is 2. The summed E-state index contributed by atoms with van der Waals surface area (Å²) in [6.07, 6.45) is 1.17. The lowest BCUT2D eigenvalue weighted by Crippen LogP contribution is -2.17. The molecule has 0 unspecified atom stereocenters. The quantitative estimate of drug-likeness (QED) is 0.205. The van der Waals surface area contributed by atoms with Gasteiger partial charge in [0.25, 0.3) is 11.6 Å². The molecule has 1 amide bonds. The molecule has 0 aliphatic heterocycles. The van der Waals surface area contributed by atoms with E-state index < -0.39 is 16.8 Å². The number of carbonyl (C=O) groups excluding carboxylic acids is 2. The third-order valence-electron chi connectivity index (χ3n) is 4.12. The molecule has 0 saturated heterocycles. The number of esters is 1. The summed E-state index contributed by atoms with van der Waals surface area (Å²) in [5.41, 5.74) is 2.87. The van der Waals surface area contributed by atoms with Crippen LogP contribution >= 0.6 is 0 Å². The van der Waals surface area contributed by atoms with E-state index in [9.17, 15) is 19.7 Å². The van der Waals surface area contributed by atoms with Crippen LogP contribution in [0.3, 0.4) is 0 Å². The summed E-state index contributed by atoms with van der Waals surface area (Å²) in [6.45, 7) is 0. The molecule has 0 aromatic heterocycles. The molecule has 0 saturated carbocycles. The highest BCUT2D eigenvalue weighted by molar-refractivity contribution is 5.96. The molecule has 1 N–H and O–H groups in total. The number of rotatable bonds is 7. The Morgan fingerprint density at radius 3 is 2.45 bits per heavy atom. The second-order valence-corrected chi connectivity index (χ2v) is 6.17. The molecule has 0 radical (unpaired) electrons. The van der Waals surface area contributed by atoms with Crippen molar-refractivity contribution in [2.24, 2.45) is 5.10 Å². The van der Waals surface area contributed by atoms with Gasteiger partial charge in [0.05, 0.1) is 23.8 Å². The highest BCUT2D eigenvalue weighted by atomic mass is 16.6. The van der Waals surface area contributed by atoms with Crippen molar-refractivity contribution in [3.8, 4) is 11.5 Å². The van der Waals surface area contributed by atoms with Crippen LogP contribution in [0.1, 0.15) is 26.3 Å². The van der Waals surface area contributed by atoms with Crippen molar-refractivity contribution in [3.63, 3.8) is 0 Å². The topological polar surface area (TPSA) is 120 Å². The Balaban J connectivity index is 1.82. The normalized spacial score (nSPS) is 10.5. The molecule has 0 atom stereocenters. The first kappa shape index (κ1) is 21.2. The van der Waals surface area contributed by atoms with Gasteiger partial charge in [-0.15, -0.1) is 0 Å². The van der Waals surface area contributed by atoms with Crippen LogP contribution in [0.15, 0.2) is 77.9 Å². The van der Waals surface area contributed by atoms with E-state index in [1.165, 1.54) is 37.6 Å². The van der Waals surface area contributed by atoms with Crippen LogP contribution in [0.5, 0.6) is 11.5 Å². The number of hydrogen-bond acceptors (Lipinski definition) is 7. The first-order valence-electron chi connectivity index (χ1n) is 9.01. The SMILES string of the molecule is COc1cccc(C(=O)Oc2ccc([N+](=O)[O-])cc2/C=N/NC(=O)c2ccccc2)c1. The lowest BCUT2D eigenvalue weighted by atomic mass is 10.2. The molecule has 3 aromatic rings. The number of non-ortho nitro benzene ring substituents is 1. The van der Waals surface area contributed by atoms with Gasteiger partial charge in [-0.05, 0) is 36.4 Å². The van der Waals surface area contributed by atoms with Crippen molar-refractivity contribution in [3.05, 3.63) is 99.6 Å². The molecule has 0 fully saturated rings. The zero-order chi connectivity index (χ0) is 22.2. The van der Waals surface area contributed by atoms with Crippen LogP contribution in [0.25, 0.3) is 0 Å². The number of methoxy groups -OCH3 is 1. The Labute approximate surface area is 177 Å². The Kier molecular flexibility index (Phi) is 6.69. The van der Waals surface area contributed by atoms with Crippen molar-refractivity contribution < 1.29 is 24.0 Å². The van der Waals surface area contributed by atoms with Crippen molar-refractivity contribution in [2.75, 3.05) is 7.11 Å². The Bertz CT molecular complexity index is 1140. The standard InChI is InChI=1S/C22H17N3O6/c1-30-19-9-5-8-16(13-19)22(27)31-20-11-10-18(25(28)29)12-17(20)14-23-24-21(26)15-6-3-2-4-7-15/h2-14H,1H3,(H,24,26)/b23-14+. The average molecular weight is 419 g/mol. The molecule has 3 aromatic carbocycles. The fourth-order valence-electron chi connectivity index (χ4n) is 2.57. The van der Waals surface area contributed by atoms with Crippen molar-refractivity contribution in [1.29, 1.82) is 0 Å². The molecule has 9 heteroatoms. The lowest BCUT2D eigenvalue weighted by molar-refractivity contribution is -0.384. The maximum absolute atomic E-state index is 12.5. The summed E-state index contributed by atoms with van der Waals surface area (Å²) in [5.74, 6) is -0.632. The van der Waals surface area contributed by atoms with Crippen LogP contribution in [0.4, 0.5) is 5.69 Å². The molecule has 31 heavy (non-hydrogen) atoms. The fraction of sp³-hybridized carbons (Fsp3) is 0.0455. The molecule has 156 valence electrons. The van der Waals surface area contributed by atoms with Gasteiger partial charge in [0.2, 0.25) is 0 Å². The number of ether oxygens (including phenoxy) is 2. The lowest BCUT2D eigenvalue weighted by Gasteiger charge is -2.08. The molecule has 0 bridgehead atoms. The van der Waals surface area contributed by atoms with Gasteiger partial charge in [-0.3, -0.25) is 14.9 Å². The van der Waals surface area contributed by atoms with Gasteiger partial charge in [0.15, 0.2) is 0 Å². The van der Waals surface area contributed by atoms with E-state index in [1.54, 1.807) is 48.5 Å². The fourth-order valence-corrected chi connectivity index (χ4v) is 2.57. The predicted octanol–water partition coefficient (Wildman–Crippen LogP) is 3.59. The number of amides is 1. The van der Waals surface area contributed by atoms with Crippen molar-refractivity contribution in [2.45, 2.75) is 0 Å². The van der Waals surface area contributed by atoms with Crippen LogP contribution in [0.2, 0.25) is 0 Å². The molecule has 0 spiro atoms. The molecule has 0 aliphatic rings. The molecular formula is C22H17N3O6. The van der Waals surface area contributed by atoms with Gasteiger partial charge in [-0.2, -0.15) is 5.10 Å². The number of hydrazone groups is 1. The van der Waals surface area contributed by atoms with E-state index in [1.807, 2.05) is 0 Å². The number of nitro groups is 1. The molecule has 0 aliphatic carbocycles. The number of nitro benzene ring substituents is 1. The first-order valence-corrected chi connectivity index (χ1v) is 9.01. The van der Waals surface area contributed by atoms with Gasteiger partial charge >= 0.3 is 5.97 Å². The highest BCUT2D eigenvalue weighted by Gasteiger charge is 2.15. The minimum absolute atomic E-state index is 0.0381. The number of nitrogens with one attached hydrogen (secondary N) is 1. The number of nitrogens with zero attached hydrogens (tertiary/aromatic N) is 2. The Morgan fingerprint density at radius 2 is 1.74 bits per heavy atom. The molecular weight excluding hydrogens is 402 g/mol. The summed E-state index contributed by atoms with van der Waals surface area (Å²) in [5, 5.41) is 14.9. The smallest absolute Gasteiger partial charge is 0.343 e. The molecule has 0 heterocycles. The molecule has 3 rings (SSSR count). The average Bonchev–Trinajstić information content (AvgIpc) is 2.80. The third-order valence-corrected chi connectivity index (χ3v) is 4.12. The largest absolute Gasteiger partial charge is 0.497 e. The van der Waals surface area contributed by atoms with Crippen LogP contribution in [0, 0.1) is 10.1 Å². The second-order valence-electron chi connectivity index (χ2n) is 6.17. The summed E-state index contributed by atoms with van der Waals surface area (Å²) in [4.78, 5) is 35.1. The van der Waals surface area contributed by atoms with Gasteiger partial charge < -0.3 is 9.47 Å². The van der Waals surface area contributed by atoms with Gasteiger partial charge in [-0.25, -0.2) is 10.2 Å². The zero-order valence-corrected chi connectivity index (χ0v) is 16.3. The summed E-state index contributed by atoms with van der Waals surface area (Å²) < 4.78 is 10.5. The third kappa shape index (κ3) is 5.51. The van der Waals surface area contributed by atoms with E-state index in [-0.39, 0.29) is 22.6 Å². The first-order chi connectivity index (χ1) is 15.0. The highest BCUT2D eigenvalue weighted by Crippen LogP contribution is 2.24. The van der Waals surface area contributed by atoms with Crippen molar-refractivity contribution in [1.82, 2.24) is 5.43 Å². The number of hydrogen-bond donors (Lipinski definition) is 1. The monoisotopic (exact) mass is 419 g/mol. The Morgan fingerprint density at radius 1 is 1.00 bits per heavy atom. The van der Waals surface area contributed by atoms with Gasteiger partial charge in [0.1, 0.15) is 11.5 Å².